The molecule has 1 fully saturated rings. The zero-order valence-electron chi connectivity index (χ0n) is 8.03. The lowest BCUT2D eigenvalue weighted by Gasteiger charge is -2.13. The first-order valence-corrected chi connectivity index (χ1v) is 5.92. The normalized spacial score (nSPS) is 23.6. The molecule has 0 amide bonds. The van der Waals surface area contributed by atoms with Crippen LogP contribution < -0.4 is 0 Å². The Hall–Kier alpha value is -0.220. The number of carboxylic acids is 1. The highest BCUT2D eigenvalue weighted by atomic mass is 32.2. The smallest absolute Gasteiger partial charge is 0.307 e. The summed E-state index contributed by atoms with van der Waals surface area (Å²) in [6.45, 7) is 4.90. The third-order valence-corrected chi connectivity index (χ3v) is 3.26. The number of carboxylic acid groups (broad SMARTS) is 1. The van der Waals surface area contributed by atoms with Crippen molar-refractivity contribution in [2.45, 2.75) is 13.3 Å². The van der Waals surface area contributed by atoms with Crippen molar-refractivity contribution in [2.24, 2.45) is 5.92 Å². The van der Waals surface area contributed by atoms with Gasteiger partial charge in [0.05, 0.1) is 5.92 Å². The summed E-state index contributed by atoms with van der Waals surface area (Å²) >= 11 is 1.92. The minimum Gasteiger partial charge on any atom is -0.481 e. The fourth-order valence-electron chi connectivity index (χ4n) is 1.58. The number of hydrogen-bond donors (Lipinski definition) is 1. The lowest BCUT2D eigenvalue weighted by Crippen LogP contribution is -2.25. The van der Waals surface area contributed by atoms with Crippen LogP contribution in [0.15, 0.2) is 0 Å². The second kappa shape index (κ2) is 5.50. The first-order chi connectivity index (χ1) is 6.24. The molecule has 3 nitrogen and oxygen atoms in total. The van der Waals surface area contributed by atoms with Gasteiger partial charge in [0, 0.05) is 18.8 Å². The maximum atomic E-state index is 10.6. The Morgan fingerprint density at radius 1 is 1.69 bits per heavy atom. The van der Waals surface area contributed by atoms with Gasteiger partial charge in [-0.05, 0) is 18.7 Å². The standard InChI is InChI=1S/C9H17NO2S/c1-2-13-6-5-10-4-3-8(7-10)9(11)12/h8H,2-7H2,1H3,(H,11,12). The Bertz CT molecular complexity index is 175. The van der Waals surface area contributed by atoms with Gasteiger partial charge in [0.25, 0.3) is 0 Å². The molecule has 0 aliphatic carbocycles. The highest BCUT2D eigenvalue weighted by Crippen LogP contribution is 2.16. The number of rotatable bonds is 5. The van der Waals surface area contributed by atoms with Crippen molar-refractivity contribution in [3.8, 4) is 0 Å². The molecule has 13 heavy (non-hydrogen) atoms. The van der Waals surface area contributed by atoms with Crippen LogP contribution in [0, 0.1) is 5.92 Å². The molecule has 0 aromatic heterocycles. The first-order valence-electron chi connectivity index (χ1n) is 4.77. The van der Waals surface area contributed by atoms with E-state index in [9.17, 15) is 4.79 Å². The Balaban J connectivity index is 2.14. The molecule has 1 aliphatic heterocycles. The summed E-state index contributed by atoms with van der Waals surface area (Å²) in [6.07, 6.45) is 0.826. The average molecular weight is 203 g/mol. The molecular weight excluding hydrogens is 186 g/mol. The first kappa shape index (κ1) is 10.9. The van der Waals surface area contributed by atoms with Crippen LogP contribution in [-0.4, -0.2) is 47.1 Å². The molecule has 4 heteroatoms. The zero-order valence-corrected chi connectivity index (χ0v) is 8.85. The van der Waals surface area contributed by atoms with Crippen LogP contribution in [0.5, 0.6) is 0 Å². The van der Waals surface area contributed by atoms with Crippen molar-refractivity contribution in [1.29, 1.82) is 0 Å². The fraction of sp³-hybridized carbons (Fsp3) is 0.889. The summed E-state index contributed by atoms with van der Waals surface area (Å²) < 4.78 is 0. The van der Waals surface area contributed by atoms with Gasteiger partial charge in [-0.1, -0.05) is 6.92 Å². The molecule has 1 aliphatic rings. The van der Waals surface area contributed by atoms with Crippen LogP contribution in [0.2, 0.25) is 0 Å². The van der Waals surface area contributed by atoms with Crippen molar-refractivity contribution in [3.63, 3.8) is 0 Å². The van der Waals surface area contributed by atoms with Crippen molar-refractivity contribution < 1.29 is 9.90 Å². The third-order valence-electron chi connectivity index (χ3n) is 2.38. The Morgan fingerprint density at radius 3 is 3.00 bits per heavy atom. The molecule has 1 heterocycles. The van der Waals surface area contributed by atoms with Crippen LogP contribution in [0.4, 0.5) is 0 Å². The number of thioether (sulfide) groups is 1. The second-order valence-electron chi connectivity index (χ2n) is 3.32. The predicted molar refractivity (Wildman–Crippen MR) is 55.2 cm³/mol. The third kappa shape index (κ3) is 3.56. The summed E-state index contributed by atoms with van der Waals surface area (Å²) in [6, 6.07) is 0. The van der Waals surface area contributed by atoms with Gasteiger partial charge in [-0.25, -0.2) is 0 Å². The summed E-state index contributed by atoms with van der Waals surface area (Å²) in [7, 11) is 0. The van der Waals surface area contributed by atoms with Gasteiger partial charge in [0.1, 0.15) is 0 Å². The van der Waals surface area contributed by atoms with Crippen molar-refractivity contribution in [2.75, 3.05) is 31.1 Å². The van der Waals surface area contributed by atoms with E-state index in [1.807, 2.05) is 11.8 Å². The van der Waals surface area contributed by atoms with Crippen LogP contribution in [-0.2, 0) is 4.79 Å². The van der Waals surface area contributed by atoms with Crippen LogP contribution >= 0.6 is 11.8 Å². The van der Waals surface area contributed by atoms with Gasteiger partial charge in [0.2, 0.25) is 0 Å². The van der Waals surface area contributed by atoms with E-state index in [1.54, 1.807) is 0 Å². The molecular formula is C9H17NO2S. The lowest BCUT2D eigenvalue weighted by molar-refractivity contribution is -0.141. The monoisotopic (exact) mass is 203 g/mol. The molecule has 1 N–H and O–H groups in total. The molecule has 1 saturated heterocycles. The van der Waals surface area contributed by atoms with Crippen LogP contribution in [0.1, 0.15) is 13.3 Å². The van der Waals surface area contributed by atoms with E-state index in [0.717, 1.165) is 37.6 Å². The van der Waals surface area contributed by atoms with Gasteiger partial charge < -0.3 is 10.0 Å². The molecule has 1 unspecified atom stereocenters. The fourth-order valence-corrected chi connectivity index (χ4v) is 2.25. The van der Waals surface area contributed by atoms with E-state index in [-0.39, 0.29) is 5.92 Å². The molecule has 1 atom stereocenters. The largest absolute Gasteiger partial charge is 0.481 e. The van der Waals surface area contributed by atoms with E-state index < -0.39 is 5.97 Å². The molecule has 76 valence electrons. The molecule has 0 spiro atoms. The average Bonchev–Trinajstić information content (AvgIpc) is 2.53. The number of likely N-dealkylation sites (tertiary alicyclic amines) is 1. The van der Waals surface area contributed by atoms with E-state index in [2.05, 4.69) is 11.8 Å². The van der Waals surface area contributed by atoms with Crippen LogP contribution in [0.25, 0.3) is 0 Å². The van der Waals surface area contributed by atoms with Gasteiger partial charge in [0.15, 0.2) is 0 Å². The highest BCUT2D eigenvalue weighted by molar-refractivity contribution is 7.99. The zero-order chi connectivity index (χ0) is 9.68. The van der Waals surface area contributed by atoms with E-state index in [4.69, 9.17) is 5.11 Å². The number of hydrogen-bond acceptors (Lipinski definition) is 3. The summed E-state index contributed by atoms with van der Waals surface area (Å²) in [5.74, 6) is 1.52. The number of aliphatic carboxylic acids is 1. The Morgan fingerprint density at radius 2 is 2.46 bits per heavy atom. The van der Waals surface area contributed by atoms with E-state index in [0.29, 0.717) is 0 Å². The Kier molecular flexibility index (Phi) is 4.59. The van der Waals surface area contributed by atoms with Gasteiger partial charge in [-0.3, -0.25) is 4.79 Å². The molecule has 1 rings (SSSR count). The number of carbonyl (C=O) groups is 1. The maximum Gasteiger partial charge on any atom is 0.307 e. The maximum absolute atomic E-state index is 10.6. The topological polar surface area (TPSA) is 40.5 Å². The minimum atomic E-state index is -0.634. The molecule has 0 aromatic carbocycles. The minimum absolute atomic E-state index is 0.119. The van der Waals surface area contributed by atoms with E-state index in [1.165, 1.54) is 0 Å². The molecule has 0 aromatic rings. The number of nitrogens with zero attached hydrogens (tertiary/aromatic N) is 1. The van der Waals surface area contributed by atoms with Crippen molar-refractivity contribution in [1.82, 2.24) is 4.90 Å². The molecule has 0 bridgehead atoms. The summed E-state index contributed by atoms with van der Waals surface area (Å²) in [5, 5.41) is 8.77. The Labute approximate surface area is 83.5 Å². The predicted octanol–water partition coefficient (Wildman–Crippen LogP) is 1.15. The van der Waals surface area contributed by atoms with E-state index >= 15 is 0 Å². The molecule has 0 radical (unpaired) electrons. The molecule has 0 saturated carbocycles. The summed E-state index contributed by atoms with van der Waals surface area (Å²) in [4.78, 5) is 12.9. The second-order valence-corrected chi connectivity index (χ2v) is 4.72. The highest BCUT2D eigenvalue weighted by Gasteiger charge is 2.27. The van der Waals surface area contributed by atoms with Crippen LogP contribution in [0.3, 0.4) is 0 Å². The van der Waals surface area contributed by atoms with Crippen molar-refractivity contribution >= 4 is 17.7 Å². The summed E-state index contributed by atoms with van der Waals surface area (Å²) in [5.41, 5.74) is 0. The SMILES string of the molecule is CCSCCN1CCC(C(=O)O)C1. The quantitative estimate of drug-likeness (QED) is 0.680. The van der Waals surface area contributed by atoms with Gasteiger partial charge in [-0.2, -0.15) is 11.8 Å². The van der Waals surface area contributed by atoms with Crippen molar-refractivity contribution in [3.05, 3.63) is 0 Å². The lowest BCUT2D eigenvalue weighted by atomic mass is 10.1. The van der Waals surface area contributed by atoms with Gasteiger partial charge in [-0.15, -0.1) is 0 Å². The van der Waals surface area contributed by atoms with Gasteiger partial charge >= 0.3 is 5.97 Å².